The molecule has 0 aromatic carbocycles. The minimum absolute atomic E-state index is 0.246. The lowest BCUT2D eigenvalue weighted by molar-refractivity contribution is -0.379. The van der Waals surface area contributed by atoms with Crippen molar-refractivity contribution in [1.29, 1.82) is 0 Å². The first-order chi connectivity index (χ1) is 53.8. The number of nitrogens with one attached hydrogen (secondary N) is 1. The molecule has 3 fully saturated rings. The molecule has 3 aliphatic heterocycles. The van der Waals surface area contributed by atoms with Crippen molar-refractivity contribution in [1.82, 2.24) is 5.32 Å². The number of unbranched alkanes of at least 4 members (excludes halogenated alkanes) is 47. The molecule has 19 nitrogen and oxygen atoms in total. The molecule has 0 aliphatic carbocycles. The summed E-state index contributed by atoms with van der Waals surface area (Å²) in [6.07, 6.45) is 67.7. The van der Waals surface area contributed by atoms with Crippen LogP contribution in [0.2, 0.25) is 0 Å². The van der Waals surface area contributed by atoms with Crippen LogP contribution in [0.15, 0.2) is 72.9 Å². The molecular weight excluding hydrogens is 1390 g/mol. The van der Waals surface area contributed by atoms with E-state index in [1.165, 1.54) is 263 Å². The Morgan fingerprint density at radius 1 is 0.336 bits per heavy atom. The molecule has 12 N–H and O–H groups in total. The lowest BCUT2D eigenvalue weighted by Crippen LogP contribution is -2.66. The van der Waals surface area contributed by atoms with Gasteiger partial charge < -0.3 is 89.9 Å². The Morgan fingerprint density at radius 2 is 0.627 bits per heavy atom. The van der Waals surface area contributed by atoms with Gasteiger partial charge in [-0.3, -0.25) is 4.79 Å². The van der Waals surface area contributed by atoms with E-state index >= 15 is 0 Å². The van der Waals surface area contributed by atoms with E-state index in [1.54, 1.807) is 6.08 Å². The van der Waals surface area contributed by atoms with Gasteiger partial charge in [0.05, 0.1) is 38.6 Å². The number of ether oxygens (including phenoxy) is 6. The molecule has 17 unspecified atom stereocenters. The fraction of sp³-hybridized carbons (Fsp3) is 0.857. The third kappa shape index (κ3) is 48.7. The Morgan fingerprint density at radius 3 is 0.982 bits per heavy atom. The summed E-state index contributed by atoms with van der Waals surface area (Å²) in [6.45, 7) is 1.68. The van der Waals surface area contributed by atoms with Gasteiger partial charge in [0, 0.05) is 6.42 Å². The van der Waals surface area contributed by atoms with Crippen LogP contribution < -0.4 is 5.32 Å². The minimum atomic E-state index is -1.98. The molecule has 3 rings (SSSR count). The van der Waals surface area contributed by atoms with Gasteiger partial charge in [-0.05, 0) is 64.2 Å². The maximum absolute atomic E-state index is 13.5. The second-order valence-electron chi connectivity index (χ2n) is 32.0. The predicted octanol–water partition coefficient (Wildman–Crippen LogP) is 17.1. The van der Waals surface area contributed by atoms with Gasteiger partial charge in [0.25, 0.3) is 0 Å². The molecule has 17 atom stereocenters. The second-order valence-corrected chi connectivity index (χ2v) is 32.0. The highest BCUT2D eigenvalue weighted by atomic mass is 16.8. The monoisotopic (exact) mass is 1560 g/mol. The fourth-order valence-corrected chi connectivity index (χ4v) is 15.1. The molecule has 110 heavy (non-hydrogen) atoms. The Hall–Kier alpha value is -2.77. The van der Waals surface area contributed by atoms with E-state index in [-0.39, 0.29) is 18.9 Å². The van der Waals surface area contributed by atoms with E-state index in [2.05, 4.69) is 79.9 Å². The Labute approximate surface area is 668 Å². The molecule has 0 saturated carbocycles. The van der Waals surface area contributed by atoms with Crippen molar-refractivity contribution < 1.29 is 89.4 Å². The number of rotatable bonds is 73. The van der Waals surface area contributed by atoms with E-state index in [4.69, 9.17) is 28.4 Å². The van der Waals surface area contributed by atoms with Gasteiger partial charge >= 0.3 is 0 Å². The van der Waals surface area contributed by atoms with Gasteiger partial charge in [-0.1, -0.05) is 369 Å². The van der Waals surface area contributed by atoms with Gasteiger partial charge in [0.2, 0.25) is 5.91 Å². The van der Waals surface area contributed by atoms with Crippen molar-refractivity contribution in [3.8, 4) is 0 Å². The van der Waals surface area contributed by atoms with Crippen LogP contribution in [0.1, 0.15) is 367 Å². The lowest BCUT2D eigenvalue weighted by Gasteiger charge is -2.48. The first kappa shape index (κ1) is 101. The first-order valence-electron chi connectivity index (χ1n) is 45.2. The van der Waals surface area contributed by atoms with E-state index in [9.17, 15) is 61.0 Å². The number of hydrogen-bond acceptors (Lipinski definition) is 18. The van der Waals surface area contributed by atoms with Gasteiger partial charge in [0.1, 0.15) is 73.2 Å². The number of amides is 1. The van der Waals surface area contributed by atoms with Gasteiger partial charge in [0.15, 0.2) is 18.9 Å². The molecule has 3 saturated heterocycles. The topological polar surface area (TPSA) is 307 Å². The quantitative estimate of drug-likeness (QED) is 0.0199. The number of carbonyl (C=O) groups is 1. The highest BCUT2D eigenvalue weighted by molar-refractivity contribution is 5.76. The number of aliphatic hydroxyl groups is 11. The lowest BCUT2D eigenvalue weighted by atomic mass is 9.96. The molecule has 19 heteroatoms. The van der Waals surface area contributed by atoms with E-state index in [0.29, 0.717) is 6.42 Å². The second kappa shape index (κ2) is 70.4. The van der Waals surface area contributed by atoms with Gasteiger partial charge in [-0.2, -0.15) is 0 Å². The van der Waals surface area contributed by atoms with Crippen LogP contribution in [0.25, 0.3) is 0 Å². The molecule has 642 valence electrons. The molecule has 3 heterocycles. The van der Waals surface area contributed by atoms with Gasteiger partial charge in [-0.25, -0.2) is 0 Å². The summed E-state index contributed by atoms with van der Waals surface area (Å²) in [7, 11) is 0. The molecule has 0 spiro atoms. The van der Waals surface area contributed by atoms with Crippen molar-refractivity contribution in [2.75, 3.05) is 26.4 Å². The first-order valence-corrected chi connectivity index (χ1v) is 45.2. The average molecular weight is 1560 g/mol. The van der Waals surface area contributed by atoms with Crippen LogP contribution in [0.5, 0.6) is 0 Å². The van der Waals surface area contributed by atoms with E-state index < -0.39 is 124 Å². The van der Waals surface area contributed by atoms with Crippen molar-refractivity contribution in [2.24, 2.45) is 0 Å². The number of aliphatic hydroxyl groups excluding tert-OH is 11. The Kier molecular flexibility index (Phi) is 64.9. The summed E-state index contributed by atoms with van der Waals surface area (Å²) in [5.74, 6) is -0.269. The SMILES string of the molecule is CC/C=C\C/C=C\C/C=C\C/C=C\C/C=C\CCCCCCCCCCCCCCCCCCCCCCCCCC(=O)NC(COC1OC(CO)C(OC2OC(CO)C(OC3OC(CO)C(O)C(O)C3O)C(O)C2O)C(O)C1O)C(O)/C=C/CCCCCCCCCCCCCCCCCCCCCCCCCC. The molecule has 0 bridgehead atoms. The predicted molar refractivity (Wildman–Crippen MR) is 443 cm³/mol. The molecule has 1 amide bonds. The van der Waals surface area contributed by atoms with E-state index in [1.807, 2.05) is 6.08 Å². The standard InChI is InChI=1S/C91H165NO18/c1-3-5-7-9-11-13-15-17-19-21-23-25-27-29-31-32-33-34-35-36-37-38-39-40-41-42-43-45-47-49-51-53-55-57-59-61-63-65-67-69-79(97)92-74(75(96)68-66-64-62-60-58-56-54-52-50-48-46-44-30-28-26-24-22-20-18-16-14-12-10-8-6-4-2)73-105-89-85(103)82(100)87(77(71-94)107-89)110-91-86(104)83(101)88(78(72-95)108-91)109-90-84(102)81(99)80(98)76(70-93)106-90/h5,7,11,13,17,19,23,25,29,31,66,68,74-78,80-91,93-96,98-104H,3-4,6,8-10,12,14-16,18,20-22,24,26-28,30,32-65,67,69-73H2,1-2H3,(H,92,97)/b7-5-,13-11-,19-17-,25-23-,31-29-,68-66+. The van der Waals surface area contributed by atoms with Crippen molar-refractivity contribution in [3.63, 3.8) is 0 Å². The zero-order valence-corrected chi connectivity index (χ0v) is 69.2. The molecule has 3 aliphatic rings. The summed E-state index contributed by atoms with van der Waals surface area (Å²) >= 11 is 0. The van der Waals surface area contributed by atoms with Crippen LogP contribution in [0, 0.1) is 0 Å². The van der Waals surface area contributed by atoms with Gasteiger partial charge in [-0.15, -0.1) is 0 Å². The highest BCUT2D eigenvalue weighted by Crippen LogP contribution is 2.34. The maximum atomic E-state index is 13.5. The molecule has 0 aromatic rings. The summed E-state index contributed by atoms with van der Waals surface area (Å²) in [4.78, 5) is 13.5. The maximum Gasteiger partial charge on any atom is 0.220 e. The zero-order chi connectivity index (χ0) is 79.5. The largest absolute Gasteiger partial charge is 0.394 e. The highest BCUT2D eigenvalue weighted by Gasteiger charge is 2.54. The van der Waals surface area contributed by atoms with Crippen molar-refractivity contribution >= 4 is 5.91 Å². The molecule has 0 radical (unpaired) electrons. The normalized spacial score (nSPS) is 25.5. The number of hydrogen-bond donors (Lipinski definition) is 12. The minimum Gasteiger partial charge on any atom is -0.394 e. The van der Waals surface area contributed by atoms with Crippen LogP contribution in [-0.4, -0.2) is 193 Å². The summed E-state index contributed by atoms with van der Waals surface area (Å²) < 4.78 is 34.5. The van der Waals surface area contributed by atoms with Crippen LogP contribution in [0.3, 0.4) is 0 Å². The molecule has 0 aromatic heterocycles. The zero-order valence-electron chi connectivity index (χ0n) is 69.2. The summed E-state index contributed by atoms with van der Waals surface area (Å²) in [5.41, 5.74) is 0. The Bertz CT molecular complexity index is 2270. The number of allylic oxidation sites excluding steroid dienone is 11. The smallest absolute Gasteiger partial charge is 0.220 e. The molecular formula is C91H165NO18. The third-order valence-corrected chi connectivity index (χ3v) is 22.3. The number of carbonyl (C=O) groups excluding carboxylic acids is 1. The summed E-state index contributed by atoms with van der Waals surface area (Å²) in [5, 5.41) is 121. The fourth-order valence-electron chi connectivity index (χ4n) is 15.1. The Balaban J connectivity index is 1.31. The van der Waals surface area contributed by atoms with E-state index in [0.717, 1.165) is 77.0 Å². The van der Waals surface area contributed by atoms with Crippen LogP contribution in [-0.2, 0) is 33.2 Å². The average Bonchev–Trinajstić information content (AvgIpc) is 0.780. The third-order valence-electron chi connectivity index (χ3n) is 22.3. The van der Waals surface area contributed by atoms with Crippen molar-refractivity contribution in [3.05, 3.63) is 72.9 Å². The summed E-state index contributed by atoms with van der Waals surface area (Å²) in [6, 6.07) is -0.975. The van der Waals surface area contributed by atoms with Crippen LogP contribution >= 0.6 is 0 Å². The van der Waals surface area contributed by atoms with Crippen molar-refractivity contribution in [2.45, 2.75) is 471 Å². The van der Waals surface area contributed by atoms with Crippen LogP contribution in [0.4, 0.5) is 0 Å².